The van der Waals surface area contributed by atoms with Crippen LogP contribution in [0.1, 0.15) is 45.7 Å². The number of benzene rings is 1. The van der Waals surface area contributed by atoms with Crippen LogP contribution in [0.4, 0.5) is 0 Å². The Kier molecular flexibility index (Phi) is 4.56. The first kappa shape index (κ1) is 15.9. The van der Waals surface area contributed by atoms with E-state index < -0.39 is 21.5 Å². The second-order valence-electron chi connectivity index (χ2n) is 6.25. The molecule has 0 aliphatic rings. The molecule has 0 aliphatic heterocycles. The molecule has 0 saturated carbocycles. The predicted molar refractivity (Wildman–Crippen MR) is 78.7 cm³/mol. The molecule has 1 unspecified atom stereocenters. The standard InChI is InChI=1S/C15H22O3S/c1-14(2,3)12-8-6-11(7-9-12)10-19(18)15(4,5)13(16)17/h6-9H,10H2,1-5H3,(H,16,17). The van der Waals surface area contributed by atoms with E-state index in [4.69, 9.17) is 5.11 Å². The fraction of sp³-hybridized carbons (Fsp3) is 0.533. The number of carboxylic acid groups (broad SMARTS) is 1. The summed E-state index contributed by atoms with van der Waals surface area (Å²) in [5.74, 6) is -0.763. The van der Waals surface area contributed by atoms with Gasteiger partial charge in [-0.25, -0.2) is 0 Å². The van der Waals surface area contributed by atoms with Gasteiger partial charge in [0.1, 0.15) is 4.75 Å². The van der Waals surface area contributed by atoms with E-state index in [1.165, 1.54) is 19.4 Å². The Labute approximate surface area is 117 Å². The Morgan fingerprint density at radius 2 is 1.58 bits per heavy atom. The summed E-state index contributed by atoms with van der Waals surface area (Å²) in [6, 6.07) is 7.88. The van der Waals surface area contributed by atoms with Crippen LogP contribution in [0.2, 0.25) is 0 Å². The molecule has 0 aliphatic carbocycles. The smallest absolute Gasteiger partial charge is 0.321 e. The normalized spacial score (nSPS) is 14.2. The highest BCUT2D eigenvalue weighted by molar-refractivity contribution is 7.86. The number of hydrogen-bond donors (Lipinski definition) is 1. The molecule has 0 saturated heterocycles. The summed E-state index contributed by atoms with van der Waals surface area (Å²) in [5, 5.41) is 9.05. The number of carbonyl (C=O) groups is 1. The minimum atomic E-state index is -1.44. The van der Waals surface area contributed by atoms with Crippen molar-refractivity contribution in [1.82, 2.24) is 0 Å². The minimum Gasteiger partial charge on any atom is -0.480 e. The van der Waals surface area contributed by atoms with Gasteiger partial charge in [0, 0.05) is 16.6 Å². The molecule has 0 heterocycles. The summed E-state index contributed by atoms with van der Waals surface area (Å²) in [6.07, 6.45) is 0. The van der Waals surface area contributed by atoms with Crippen LogP contribution in [0.25, 0.3) is 0 Å². The third kappa shape index (κ3) is 3.90. The summed E-state index contributed by atoms with van der Waals surface area (Å²) in [4.78, 5) is 11.0. The lowest BCUT2D eigenvalue weighted by Gasteiger charge is -2.20. The molecule has 106 valence electrons. The number of rotatable bonds is 4. The average Bonchev–Trinajstić information content (AvgIpc) is 2.28. The monoisotopic (exact) mass is 282 g/mol. The van der Waals surface area contributed by atoms with Gasteiger partial charge >= 0.3 is 5.97 Å². The van der Waals surface area contributed by atoms with Crippen LogP contribution in [-0.4, -0.2) is 20.0 Å². The Morgan fingerprint density at radius 3 is 1.95 bits per heavy atom. The first-order chi connectivity index (χ1) is 8.55. The lowest BCUT2D eigenvalue weighted by Crippen LogP contribution is -2.37. The third-order valence-corrected chi connectivity index (χ3v) is 5.11. The molecule has 1 rings (SSSR count). The molecule has 1 atom stereocenters. The van der Waals surface area contributed by atoms with E-state index >= 15 is 0 Å². The quantitative estimate of drug-likeness (QED) is 0.923. The maximum atomic E-state index is 12.1. The maximum absolute atomic E-state index is 12.1. The molecule has 0 bridgehead atoms. The highest BCUT2D eigenvalue weighted by Crippen LogP contribution is 2.23. The van der Waals surface area contributed by atoms with Crippen LogP contribution >= 0.6 is 0 Å². The lowest BCUT2D eigenvalue weighted by atomic mass is 9.87. The van der Waals surface area contributed by atoms with Gasteiger partial charge in [0.2, 0.25) is 0 Å². The zero-order valence-electron chi connectivity index (χ0n) is 12.2. The Bertz CT molecular complexity index is 481. The second kappa shape index (κ2) is 5.45. The fourth-order valence-electron chi connectivity index (χ4n) is 1.53. The van der Waals surface area contributed by atoms with E-state index in [0.717, 1.165) is 5.56 Å². The van der Waals surface area contributed by atoms with Crippen molar-refractivity contribution < 1.29 is 14.1 Å². The lowest BCUT2D eigenvalue weighted by molar-refractivity contribution is -0.139. The summed E-state index contributed by atoms with van der Waals surface area (Å²) in [7, 11) is -1.44. The number of hydrogen-bond acceptors (Lipinski definition) is 2. The van der Waals surface area contributed by atoms with Crippen LogP contribution in [-0.2, 0) is 26.8 Å². The second-order valence-corrected chi connectivity index (χ2v) is 8.25. The van der Waals surface area contributed by atoms with Crippen molar-refractivity contribution in [1.29, 1.82) is 0 Å². The highest BCUT2D eigenvalue weighted by atomic mass is 32.2. The van der Waals surface area contributed by atoms with Gasteiger partial charge in [-0.1, -0.05) is 45.0 Å². The molecule has 4 heteroatoms. The van der Waals surface area contributed by atoms with Crippen molar-refractivity contribution in [2.24, 2.45) is 0 Å². The fourth-order valence-corrected chi connectivity index (χ4v) is 2.58. The molecule has 0 spiro atoms. The molecule has 1 N–H and O–H groups in total. The van der Waals surface area contributed by atoms with Gasteiger partial charge in [-0.05, 0) is 30.4 Å². The predicted octanol–water partition coefficient (Wildman–Crippen LogP) is 3.10. The zero-order chi connectivity index (χ0) is 14.8. The van der Waals surface area contributed by atoms with Gasteiger partial charge in [-0.15, -0.1) is 0 Å². The minimum absolute atomic E-state index is 0.0814. The highest BCUT2D eigenvalue weighted by Gasteiger charge is 2.34. The molecule has 19 heavy (non-hydrogen) atoms. The van der Waals surface area contributed by atoms with E-state index in [1.54, 1.807) is 0 Å². The Balaban J connectivity index is 2.85. The Hall–Kier alpha value is -1.16. The molecular weight excluding hydrogens is 260 g/mol. The van der Waals surface area contributed by atoms with Crippen LogP contribution in [0, 0.1) is 0 Å². The van der Waals surface area contributed by atoms with Gasteiger partial charge in [0.15, 0.2) is 0 Å². The van der Waals surface area contributed by atoms with E-state index in [1.807, 2.05) is 24.3 Å². The van der Waals surface area contributed by atoms with E-state index in [2.05, 4.69) is 20.8 Å². The summed E-state index contributed by atoms with van der Waals surface area (Å²) >= 11 is 0. The van der Waals surface area contributed by atoms with E-state index in [0.29, 0.717) is 0 Å². The van der Waals surface area contributed by atoms with Gasteiger partial charge in [0.05, 0.1) is 0 Å². The van der Waals surface area contributed by atoms with Crippen LogP contribution < -0.4 is 0 Å². The van der Waals surface area contributed by atoms with Gasteiger partial charge < -0.3 is 5.11 Å². The molecule has 0 fully saturated rings. The molecule has 1 aromatic rings. The van der Waals surface area contributed by atoms with Crippen molar-refractivity contribution in [3.05, 3.63) is 35.4 Å². The van der Waals surface area contributed by atoms with Gasteiger partial charge in [-0.3, -0.25) is 9.00 Å². The first-order valence-corrected chi connectivity index (χ1v) is 7.58. The summed E-state index contributed by atoms with van der Waals surface area (Å²) in [6.45, 7) is 9.39. The molecule has 0 radical (unpaired) electrons. The molecule has 0 amide bonds. The molecular formula is C15H22O3S. The summed E-state index contributed by atoms with van der Waals surface area (Å²) in [5.41, 5.74) is 2.19. The SMILES string of the molecule is CC(C)(C)c1ccc(CS(=O)C(C)(C)C(=O)O)cc1. The van der Waals surface area contributed by atoms with Crippen LogP contribution in [0.5, 0.6) is 0 Å². The molecule has 3 nitrogen and oxygen atoms in total. The molecule has 0 aromatic heterocycles. The number of carboxylic acids is 1. The van der Waals surface area contributed by atoms with Crippen LogP contribution in [0.3, 0.4) is 0 Å². The van der Waals surface area contributed by atoms with E-state index in [9.17, 15) is 9.00 Å². The Morgan fingerprint density at radius 1 is 1.11 bits per heavy atom. The topological polar surface area (TPSA) is 54.4 Å². The first-order valence-electron chi connectivity index (χ1n) is 6.26. The van der Waals surface area contributed by atoms with Crippen molar-refractivity contribution >= 4 is 16.8 Å². The average molecular weight is 282 g/mol. The van der Waals surface area contributed by atoms with Crippen molar-refractivity contribution in [3.8, 4) is 0 Å². The van der Waals surface area contributed by atoms with Crippen molar-refractivity contribution in [3.63, 3.8) is 0 Å². The molecule has 1 aromatic carbocycles. The van der Waals surface area contributed by atoms with Gasteiger partial charge in [-0.2, -0.15) is 0 Å². The summed E-state index contributed by atoms with van der Waals surface area (Å²) < 4.78 is 10.9. The van der Waals surface area contributed by atoms with Crippen molar-refractivity contribution in [2.45, 2.75) is 50.5 Å². The largest absolute Gasteiger partial charge is 0.480 e. The maximum Gasteiger partial charge on any atom is 0.321 e. The number of aliphatic carboxylic acids is 1. The third-order valence-electron chi connectivity index (χ3n) is 3.20. The van der Waals surface area contributed by atoms with E-state index in [-0.39, 0.29) is 11.2 Å². The van der Waals surface area contributed by atoms with Crippen molar-refractivity contribution in [2.75, 3.05) is 0 Å². The zero-order valence-corrected chi connectivity index (χ0v) is 13.0. The van der Waals surface area contributed by atoms with Gasteiger partial charge in [0.25, 0.3) is 0 Å². The van der Waals surface area contributed by atoms with Crippen LogP contribution in [0.15, 0.2) is 24.3 Å².